The van der Waals surface area contributed by atoms with Crippen molar-refractivity contribution in [3.8, 4) is 0 Å². The van der Waals surface area contributed by atoms with Crippen LogP contribution in [0.15, 0.2) is 29.6 Å². The quantitative estimate of drug-likeness (QED) is 0.856. The lowest BCUT2D eigenvalue weighted by atomic mass is 9.99. The number of rotatable bonds is 4. The van der Waals surface area contributed by atoms with E-state index in [1.54, 1.807) is 0 Å². The first-order valence-electron chi connectivity index (χ1n) is 6.66. The van der Waals surface area contributed by atoms with Gasteiger partial charge < -0.3 is 5.32 Å². The molecule has 1 aromatic heterocycles. The molecule has 0 fully saturated rings. The standard InChI is InChI=1S/C16H23NS/c1-12(10-17-16(2,3)4)9-13-11-18-15-8-6-5-7-14(13)15/h5-8,11-12,17H,9-10H2,1-4H3. The Labute approximate surface area is 114 Å². The summed E-state index contributed by atoms with van der Waals surface area (Å²) in [6, 6.07) is 8.70. The summed E-state index contributed by atoms with van der Waals surface area (Å²) in [4.78, 5) is 0. The molecular formula is C16H23NS. The molecule has 0 aliphatic heterocycles. The van der Waals surface area contributed by atoms with Crippen molar-refractivity contribution in [1.82, 2.24) is 5.32 Å². The van der Waals surface area contributed by atoms with Gasteiger partial charge in [-0.3, -0.25) is 0 Å². The van der Waals surface area contributed by atoms with E-state index in [1.807, 2.05) is 11.3 Å². The highest BCUT2D eigenvalue weighted by Crippen LogP contribution is 2.27. The molecule has 2 heteroatoms. The SMILES string of the molecule is CC(CNC(C)(C)C)Cc1csc2ccccc12. The number of fused-ring (bicyclic) bond motifs is 1. The highest BCUT2D eigenvalue weighted by Gasteiger charge is 2.13. The minimum absolute atomic E-state index is 0.213. The van der Waals surface area contributed by atoms with Crippen molar-refractivity contribution in [2.45, 2.75) is 39.7 Å². The molecule has 1 atom stereocenters. The third-order valence-electron chi connectivity index (χ3n) is 3.11. The number of hydrogen-bond acceptors (Lipinski definition) is 2. The average molecular weight is 261 g/mol. The number of benzene rings is 1. The summed E-state index contributed by atoms with van der Waals surface area (Å²) in [6.07, 6.45) is 1.16. The van der Waals surface area contributed by atoms with Gasteiger partial charge in [0, 0.05) is 10.2 Å². The molecule has 2 aromatic rings. The largest absolute Gasteiger partial charge is 0.312 e. The molecule has 0 saturated heterocycles. The fourth-order valence-corrected chi connectivity index (χ4v) is 3.09. The molecular weight excluding hydrogens is 238 g/mol. The highest BCUT2D eigenvalue weighted by atomic mass is 32.1. The summed E-state index contributed by atoms with van der Waals surface area (Å²) in [7, 11) is 0. The molecule has 1 unspecified atom stereocenters. The Morgan fingerprint density at radius 3 is 2.67 bits per heavy atom. The molecule has 0 saturated carbocycles. The zero-order chi connectivity index (χ0) is 13.2. The van der Waals surface area contributed by atoms with Crippen LogP contribution in [0.5, 0.6) is 0 Å². The van der Waals surface area contributed by atoms with Crippen molar-refractivity contribution in [3.63, 3.8) is 0 Å². The topological polar surface area (TPSA) is 12.0 Å². The Morgan fingerprint density at radius 2 is 1.94 bits per heavy atom. The normalized spacial score (nSPS) is 14.0. The second-order valence-corrected chi connectivity index (χ2v) is 7.11. The van der Waals surface area contributed by atoms with Gasteiger partial charge in [-0.15, -0.1) is 11.3 Å². The molecule has 0 amide bonds. The van der Waals surface area contributed by atoms with Crippen LogP contribution in [0.25, 0.3) is 10.1 Å². The second kappa shape index (κ2) is 5.41. The van der Waals surface area contributed by atoms with Crippen molar-refractivity contribution in [3.05, 3.63) is 35.2 Å². The Hall–Kier alpha value is -0.860. The maximum absolute atomic E-state index is 3.59. The van der Waals surface area contributed by atoms with Gasteiger partial charge >= 0.3 is 0 Å². The minimum atomic E-state index is 0.213. The van der Waals surface area contributed by atoms with Crippen molar-refractivity contribution in [2.24, 2.45) is 5.92 Å². The van der Waals surface area contributed by atoms with Crippen LogP contribution in [-0.4, -0.2) is 12.1 Å². The molecule has 2 rings (SSSR count). The first-order valence-corrected chi connectivity index (χ1v) is 7.54. The number of hydrogen-bond donors (Lipinski definition) is 1. The zero-order valence-corrected chi connectivity index (χ0v) is 12.6. The van der Waals surface area contributed by atoms with Gasteiger partial charge in [0.15, 0.2) is 0 Å². The molecule has 98 valence electrons. The summed E-state index contributed by atoms with van der Waals surface area (Å²) in [5, 5.41) is 7.34. The van der Waals surface area contributed by atoms with Crippen LogP contribution in [0, 0.1) is 5.92 Å². The van der Waals surface area contributed by atoms with E-state index in [-0.39, 0.29) is 5.54 Å². The Kier molecular flexibility index (Phi) is 4.08. The van der Waals surface area contributed by atoms with E-state index in [9.17, 15) is 0 Å². The van der Waals surface area contributed by atoms with Gasteiger partial charge in [-0.05, 0) is 62.1 Å². The molecule has 0 spiro atoms. The van der Waals surface area contributed by atoms with Crippen molar-refractivity contribution in [1.29, 1.82) is 0 Å². The third-order valence-corrected chi connectivity index (χ3v) is 4.12. The van der Waals surface area contributed by atoms with Crippen LogP contribution in [-0.2, 0) is 6.42 Å². The summed E-state index contributed by atoms with van der Waals surface area (Å²) in [6.45, 7) is 10.1. The van der Waals surface area contributed by atoms with Crippen LogP contribution >= 0.6 is 11.3 Å². The molecule has 0 radical (unpaired) electrons. The molecule has 1 nitrogen and oxygen atoms in total. The predicted octanol–water partition coefficient (Wildman–Crippen LogP) is 4.47. The van der Waals surface area contributed by atoms with E-state index >= 15 is 0 Å². The van der Waals surface area contributed by atoms with E-state index in [2.05, 4.69) is 62.7 Å². The van der Waals surface area contributed by atoms with E-state index in [1.165, 1.54) is 15.6 Å². The molecule has 18 heavy (non-hydrogen) atoms. The lowest BCUT2D eigenvalue weighted by Crippen LogP contribution is -2.38. The maximum atomic E-state index is 3.59. The van der Waals surface area contributed by atoms with E-state index in [4.69, 9.17) is 0 Å². The highest BCUT2D eigenvalue weighted by molar-refractivity contribution is 7.17. The van der Waals surface area contributed by atoms with Crippen LogP contribution in [0.4, 0.5) is 0 Å². The second-order valence-electron chi connectivity index (χ2n) is 6.20. The molecule has 1 heterocycles. The first kappa shape index (κ1) is 13.6. The van der Waals surface area contributed by atoms with Gasteiger partial charge in [0.25, 0.3) is 0 Å². The van der Waals surface area contributed by atoms with Gasteiger partial charge in [0.2, 0.25) is 0 Å². The molecule has 1 N–H and O–H groups in total. The Bertz CT molecular complexity index is 507. The predicted molar refractivity (Wildman–Crippen MR) is 82.4 cm³/mol. The van der Waals surface area contributed by atoms with Gasteiger partial charge in [0.05, 0.1) is 0 Å². The van der Waals surface area contributed by atoms with Gasteiger partial charge in [0.1, 0.15) is 0 Å². The summed E-state index contributed by atoms with van der Waals surface area (Å²) in [5.41, 5.74) is 1.71. The van der Waals surface area contributed by atoms with Gasteiger partial charge in [-0.2, -0.15) is 0 Å². The number of thiophene rings is 1. The summed E-state index contributed by atoms with van der Waals surface area (Å²) in [5.74, 6) is 0.669. The Balaban J connectivity index is 2.01. The lowest BCUT2D eigenvalue weighted by Gasteiger charge is -2.23. The first-order chi connectivity index (χ1) is 8.46. The molecule has 0 aliphatic rings. The Morgan fingerprint density at radius 1 is 1.22 bits per heavy atom. The molecule has 0 bridgehead atoms. The molecule has 1 aromatic carbocycles. The van der Waals surface area contributed by atoms with Crippen molar-refractivity contribution < 1.29 is 0 Å². The summed E-state index contributed by atoms with van der Waals surface area (Å²) >= 11 is 1.86. The number of nitrogens with one attached hydrogen (secondary N) is 1. The van der Waals surface area contributed by atoms with Crippen LogP contribution in [0.2, 0.25) is 0 Å². The van der Waals surface area contributed by atoms with Gasteiger partial charge in [-0.1, -0.05) is 25.1 Å². The van der Waals surface area contributed by atoms with E-state index in [0.717, 1.165) is 13.0 Å². The van der Waals surface area contributed by atoms with Crippen LogP contribution in [0.3, 0.4) is 0 Å². The monoisotopic (exact) mass is 261 g/mol. The van der Waals surface area contributed by atoms with Crippen LogP contribution < -0.4 is 5.32 Å². The van der Waals surface area contributed by atoms with Crippen molar-refractivity contribution >= 4 is 21.4 Å². The zero-order valence-electron chi connectivity index (χ0n) is 11.8. The average Bonchev–Trinajstić information content (AvgIpc) is 2.70. The molecule has 0 aliphatic carbocycles. The minimum Gasteiger partial charge on any atom is -0.312 e. The smallest absolute Gasteiger partial charge is 0.0345 e. The van der Waals surface area contributed by atoms with E-state index < -0.39 is 0 Å². The van der Waals surface area contributed by atoms with Gasteiger partial charge in [-0.25, -0.2) is 0 Å². The summed E-state index contributed by atoms with van der Waals surface area (Å²) < 4.78 is 1.41. The maximum Gasteiger partial charge on any atom is 0.0345 e. The fraction of sp³-hybridized carbons (Fsp3) is 0.500. The van der Waals surface area contributed by atoms with Crippen molar-refractivity contribution in [2.75, 3.05) is 6.54 Å². The van der Waals surface area contributed by atoms with E-state index in [0.29, 0.717) is 5.92 Å². The van der Waals surface area contributed by atoms with Crippen LogP contribution in [0.1, 0.15) is 33.3 Å². The fourth-order valence-electron chi connectivity index (χ4n) is 2.12. The third kappa shape index (κ3) is 3.56. The lowest BCUT2D eigenvalue weighted by molar-refractivity contribution is 0.382.